The molecule has 0 N–H and O–H groups in total. The minimum atomic E-state index is -0.683. The highest BCUT2D eigenvalue weighted by Crippen LogP contribution is 2.47. The summed E-state index contributed by atoms with van der Waals surface area (Å²) in [6.07, 6.45) is 0. The third-order valence-electron chi connectivity index (χ3n) is 2.75. The van der Waals surface area contributed by atoms with Crippen LogP contribution in [0.4, 0.5) is 0 Å². The maximum Gasteiger partial charge on any atom is 0.172 e. The van der Waals surface area contributed by atoms with Gasteiger partial charge in [0.2, 0.25) is 0 Å². The highest BCUT2D eigenvalue weighted by Gasteiger charge is 2.44. The molecule has 0 aromatic heterocycles. The van der Waals surface area contributed by atoms with E-state index < -0.39 is 5.60 Å². The van der Waals surface area contributed by atoms with Gasteiger partial charge in [0.15, 0.2) is 11.3 Å². The van der Waals surface area contributed by atoms with Gasteiger partial charge in [0.25, 0.3) is 0 Å². The van der Waals surface area contributed by atoms with E-state index in [1.807, 2.05) is 34.6 Å². The van der Waals surface area contributed by atoms with Crippen LogP contribution in [0.25, 0.3) is 0 Å². The Bertz CT molecular complexity index is 550. The van der Waals surface area contributed by atoms with Crippen LogP contribution in [-0.2, 0) is 4.74 Å². The number of nitriles is 3. The fraction of sp³-hybridized carbons (Fsp3) is 0.500. The van der Waals surface area contributed by atoms with Crippen molar-refractivity contribution < 1.29 is 4.74 Å². The van der Waals surface area contributed by atoms with Gasteiger partial charge in [-0.3, -0.25) is 0 Å². The summed E-state index contributed by atoms with van der Waals surface area (Å²) in [6.45, 7) is 9.61. The molecule has 0 saturated carbocycles. The average molecular weight is 241 g/mol. The molecule has 0 radical (unpaired) electrons. The van der Waals surface area contributed by atoms with E-state index in [-0.39, 0.29) is 16.7 Å². The molecule has 4 nitrogen and oxygen atoms in total. The number of allylic oxidation sites excluding steroid dienone is 2. The highest BCUT2D eigenvalue weighted by atomic mass is 16.5. The molecule has 0 amide bonds. The average Bonchev–Trinajstić information content (AvgIpc) is 2.50. The second kappa shape index (κ2) is 4.21. The Morgan fingerprint density at radius 1 is 1.11 bits per heavy atom. The van der Waals surface area contributed by atoms with Crippen LogP contribution in [0.3, 0.4) is 0 Å². The Balaban J connectivity index is 3.69. The van der Waals surface area contributed by atoms with E-state index in [9.17, 15) is 5.26 Å². The number of hydrogen-bond acceptors (Lipinski definition) is 4. The van der Waals surface area contributed by atoms with Gasteiger partial charge in [-0.25, -0.2) is 0 Å². The molecule has 0 atom stereocenters. The maximum atomic E-state index is 9.30. The molecule has 1 aliphatic rings. The summed E-state index contributed by atoms with van der Waals surface area (Å²) in [6, 6.07) is 5.62. The summed E-state index contributed by atoms with van der Waals surface area (Å²) < 4.78 is 5.67. The molecule has 0 spiro atoms. The lowest BCUT2D eigenvalue weighted by atomic mass is 9.76. The number of nitrogens with zero attached hydrogens (tertiary/aromatic N) is 3. The fourth-order valence-electron chi connectivity index (χ4n) is 2.46. The van der Waals surface area contributed by atoms with E-state index in [0.29, 0.717) is 5.57 Å². The first-order valence-electron chi connectivity index (χ1n) is 5.58. The van der Waals surface area contributed by atoms with Crippen molar-refractivity contribution >= 4 is 0 Å². The molecule has 0 fully saturated rings. The van der Waals surface area contributed by atoms with Gasteiger partial charge in [0.1, 0.15) is 23.8 Å². The lowest BCUT2D eigenvalue weighted by molar-refractivity contribution is 0.0785. The molecule has 92 valence electrons. The molecule has 1 aliphatic heterocycles. The monoisotopic (exact) mass is 241 g/mol. The van der Waals surface area contributed by atoms with Crippen LogP contribution in [0.5, 0.6) is 0 Å². The Morgan fingerprint density at radius 2 is 1.61 bits per heavy atom. The number of rotatable bonds is 0. The summed E-state index contributed by atoms with van der Waals surface area (Å²) >= 11 is 0. The highest BCUT2D eigenvalue weighted by molar-refractivity contribution is 5.58. The fourth-order valence-corrected chi connectivity index (χ4v) is 2.46. The summed E-state index contributed by atoms with van der Waals surface area (Å²) in [5.74, 6) is 0.109. The van der Waals surface area contributed by atoms with Crippen molar-refractivity contribution in [3.05, 3.63) is 22.5 Å². The Morgan fingerprint density at radius 3 is 1.94 bits per heavy atom. The summed E-state index contributed by atoms with van der Waals surface area (Å²) in [4.78, 5) is 0. The third kappa shape index (κ3) is 2.08. The van der Waals surface area contributed by atoms with Crippen LogP contribution in [0, 0.1) is 39.4 Å². The minimum absolute atomic E-state index is 0.109. The van der Waals surface area contributed by atoms with Gasteiger partial charge in [-0.2, -0.15) is 15.8 Å². The molecule has 4 heteroatoms. The van der Waals surface area contributed by atoms with Crippen LogP contribution >= 0.6 is 0 Å². The zero-order valence-electron chi connectivity index (χ0n) is 11.2. The van der Waals surface area contributed by atoms with E-state index >= 15 is 0 Å². The lowest BCUT2D eigenvalue weighted by Gasteiger charge is -2.31. The van der Waals surface area contributed by atoms with Crippen molar-refractivity contribution in [1.29, 1.82) is 15.8 Å². The van der Waals surface area contributed by atoms with Crippen molar-refractivity contribution in [2.75, 3.05) is 0 Å². The summed E-state index contributed by atoms with van der Waals surface area (Å²) in [5.41, 5.74) is 0.0178. The molecule has 0 bridgehead atoms. The predicted molar refractivity (Wildman–Crippen MR) is 65.5 cm³/mol. The smallest absolute Gasteiger partial charge is 0.172 e. The van der Waals surface area contributed by atoms with Crippen LogP contribution in [0.2, 0.25) is 0 Å². The van der Waals surface area contributed by atoms with Crippen molar-refractivity contribution in [2.24, 2.45) is 5.41 Å². The van der Waals surface area contributed by atoms with Crippen LogP contribution < -0.4 is 0 Å². The van der Waals surface area contributed by atoms with Gasteiger partial charge in [-0.05, 0) is 24.8 Å². The largest absolute Gasteiger partial charge is 0.480 e. The molecule has 0 aromatic carbocycles. The molecular weight excluding hydrogens is 226 g/mol. The van der Waals surface area contributed by atoms with Crippen LogP contribution in [-0.4, -0.2) is 5.60 Å². The van der Waals surface area contributed by atoms with E-state index in [4.69, 9.17) is 15.3 Å². The Labute approximate surface area is 107 Å². The molecule has 18 heavy (non-hydrogen) atoms. The van der Waals surface area contributed by atoms with E-state index in [1.165, 1.54) is 0 Å². The van der Waals surface area contributed by atoms with Crippen molar-refractivity contribution in [2.45, 2.75) is 40.2 Å². The first-order chi connectivity index (χ1) is 8.19. The molecule has 0 unspecified atom stereocenters. The van der Waals surface area contributed by atoms with Crippen molar-refractivity contribution in [1.82, 2.24) is 0 Å². The second-order valence-electron chi connectivity index (χ2n) is 5.65. The maximum absolute atomic E-state index is 9.30. The zero-order valence-corrected chi connectivity index (χ0v) is 11.2. The van der Waals surface area contributed by atoms with Gasteiger partial charge < -0.3 is 4.74 Å². The second-order valence-corrected chi connectivity index (χ2v) is 5.65. The van der Waals surface area contributed by atoms with E-state index in [2.05, 4.69) is 6.07 Å². The van der Waals surface area contributed by atoms with Gasteiger partial charge in [-0.15, -0.1) is 0 Å². The third-order valence-corrected chi connectivity index (χ3v) is 2.75. The summed E-state index contributed by atoms with van der Waals surface area (Å²) in [5, 5.41) is 27.1. The molecule has 0 saturated heterocycles. The topological polar surface area (TPSA) is 80.6 Å². The molecule has 0 aromatic rings. The molecular formula is C14H15N3O. The standard InChI is InChI=1S/C14H15N3O/c1-13(2,3)12-10(8-17)11(9(6-15)7-16)18-14(12,4)5/h1-5H3. The van der Waals surface area contributed by atoms with Gasteiger partial charge in [-0.1, -0.05) is 20.8 Å². The number of ether oxygens (including phenoxy) is 1. The summed E-state index contributed by atoms with van der Waals surface area (Å²) in [7, 11) is 0. The Kier molecular flexibility index (Phi) is 3.23. The predicted octanol–water partition coefficient (Wildman–Crippen LogP) is 2.96. The molecule has 1 rings (SSSR count). The first-order valence-corrected chi connectivity index (χ1v) is 5.58. The van der Waals surface area contributed by atoms with E-state index in [0.717, 1.165) is 5.57 Å². The Hall–Kier alpha value is -2.25. The SMILES string of the molecule is CC(C)(C)C1=C(C#N)C(=C(C#N)C#N)OC1(C)C. The minimum Gasteiger partial charge on any atom is -0.480 e. The van der Waals surface area contributed by atoms with Gasteiger partial charge in [0, 0.05) is 0 Å². The van der Waals surface area contributed by atoms with Crippen molar-refractivity contribution in [3.8, 4) is 18.2 Å². The van der Waals surface area contributed by atoms with Crippen LogP contribution in [0.15, 0.2) is 22.5 Å². The van der Waals surface area contributed by atoms with E-state index in [1.54, 1.807) is 12.1 Å². The normalized spacial score (nSPS) is 17.6. The van der Waals surface area contributed by atoms with Crippen LogP contribution in [0.1, 0.15) is 34.6 Å². The van der Waals surface area contributed by atoms with Gasteiger partial charge >= 0.3 is 0 Å². The molecule has 1 heterocycles. The quantitative estimate of drug-likeness (QED) is 0.610. The van der Waals surface area contributed by atoms with Gasteiger partial charge in [0.05, 0.1) is 5.57 Å². The lowest BCUT2D eigenvalue weighted by Crippen LogP contribution is -2.29. The first kappa shape index (κ1) is 13.8. The number of hydrogen-bond donors (Lipinski definition) is 0. The van der Waals surface area contributed by atoms with Crippen molar-refractivity contribution in [3.63, 3.8) is 0 Å². The zero-order chi connectivity index (χ0) is 14.1. The molecule has 0 aliphatic carbocycles.